The molecule has 8 nitrogen and oxygen atoms in total. The molecule has 2 amide bonds. The number of nitrogens with zero attached hydrogens (tertiary/aromatic N) is 4. The average Bonchev–Trinajstić information content (AvgIpc) is 3.54. The molecule has 5 rings (SSSR count). The van der Waals surface area contributed by atoms with Crippen LogP contribution in [0.2, 0.25) is 0 Å². The first-order chi connectivity index (χ1) is 16.1. The summed E-state index contributed by atoms with van der Waals surface area (Å²) >= 11 is 0. The monoisotopic (exact) mass is 494 g/mol. The fourth-order valence-corrected chi connectivity index (χ4v) is 5.95. The van der Waals surface area contributed by atoms with Crippen LogP contribution in [0.15, 0.2) is 28.8 Å². The summed E-state index contributed by atoms with van der Waals surface area (Å²) in [6.45, 7) is 1.99. The molecule has 0 bridgehead atoms. The Morgan fingerprint density at radius 2 is 1.68 bits per heavy atom. The molecule has 2 unspecified atom stereocenters. The number of halogens is 2. The molecule has 0 radical (unpaired) electrons. The highest BCUT2D eigenvalue weighted by Gasteiger charge is 2.38. The molecular formula is C23H28F2N4O4S. The predicted octanol–water partition coefficient (Wildman–Crippen LogP) is 3.48. The zero-order valence-corrected chi connectivity index (χ0v) is 19.8. The van der Waals surface area contributed by atoms with Crippen molar-refractivity contribution in [1.82, 2.24) is 19.9 Å². The molecule has 0 spiro atoms. The van der Waals surface area contributed by atoms with Crippen molar-refractivity contribution in [1.29, 1.82) is 0 Å². The van der Waals surface area contributed by atoms with E-state index in [1.165, 1.54) is 12.1 Å². The first-order valence-electron chi connectivity index (χ1n) is 11.6. The minimum absolute atomic E-state index is 0.0411. The number of benzene rings is 1. The van der Waals surface area contributed by atoms with Gasteiger partial charge in [-0.05, 0) is 24.8 Å². The Kier molecular flexibility index (Phi) is 5.86. The number of rotatable bonds is 4. The smallest absolute Gasteiger partial charge is 0.320 e. The van der Waals surface area contributed by atoms with E-state index in [0.29, 0.717) is 37.1 Å². The molecule has 2 atom stereocenters. The SMILES string of the molecule is CC(F)(F)c1ccc(C2CC(c3nc(C4CC4)no3)CN(C(=O)N3CCS(=O)(=O)CC3)C2)cc1. The zero-order valence-electron chi connectivity index (χ0n) is 19.0. The Labute approximate surface area is 197 Å². The number of hydrogen-bond acceptors (Lipinski definition) is 6. The summed E-state index contributed by atoms with van der Waals surface area (Å²) in [6.07, 6.45) is 2.73. The van der Waals surface area contributed by atoms with Crippen LogP contribution < -0.4 is 0 Å². The predicted molar refractivity (Wildman–Crippen MR) is 120 cm³/mol. The van der Waals surface area contributed by atoms with Gasteiger partial charge in [0.15, 0.2) is 15.7 Å². The van der Waals surface area contributed by atoms with Crippen molar-refractivity contribution in [2.75, 3.05) is 37.7 Å². The molecular weight excluding hydrogens is 466 g/mol. The molecule has 3 fully saturated rings. The summed E-state index contributed by atoms with van der Waals surface area (Å²) in [5.74, 6) is -1.77. The van der Waals surface area contributed by atoms with Crippen molar-refractivity contribution in [3.63, 3.8) is 0 Å². The molecule has 1 aliphatic carbocycles. The van der Waals surface area contributed by atoms with Gasteiger partial charge in [0.2, 0.25) is 5.89 Å². The first-order valence-corrected chi connectivity index (χ1v) is 13.5. The average molecular weight is 495 g/mol. The lowest BCUT2D eigenvalue weighted by Crippen LogP contribution is -2.53. The Morgan fingerprint density at radius 1 is 1.03 bits per heavy atom. The summed E-state index contributed by atoms with van der Waals surface area (Å²) in [5.41, 5.74) is 0.802. The van der Waals surface area contributed by atoms with Gasteiger partial charge in [-0.3, -0.25) is 0 Å². The third-order valence-electron chi connectivity index (χ3n) is 6.97. The van der Waals surface area contributed by atoms with E-state index in [1.807, 2.05) is 0 Å². The minimum atomic E-state index is -3.11. The van der Waals surface area contributed by atoms with Gasteiger partial charge in [0, 0.05) is 50.5 Å². The van der Waals surface area contributed by atoms with E-state index in [9.17, 15) is 22.0 Å². The maximum Gasteiger partial charge on any atom is 0.320 e. The van der Waals surface area contributed by atoms with Crippen molar-refractivity contribution >= 4 is 15.9 Å². The van der Waals surface area contributed by atoms with E-state index in [4.69, 9.17) is 4.52 Å². The first kappa shape index (κ1) is 23.2. The Balaban J connectivity index is 1.38. The molecule has 2 aliphatic heterocycles. The maximum atomic E-state index is 13.7. The fraction of sp³-hybridized carbons (Fsp3) is 0.609. The molecule has 3 aliphatic rings. The number of sulfone groups is 1. The van der Waals surface area contributed by atoms with E-state index in [1.54, 1.807) is 21.9 Å². The van der Waals surface area contributed by atoms with Crippen LogP contribution in [0.5, 0.6) is 0 Å². The Bertz CT molecular complexity index is 1140. The fourth-order valence-electron chi connectivity index (χ4n) is 4.75. The molecule has 2 saturated heterocycles. The van der Waals surface area contributed by atoms with Gasteiger partial charge in [-0.2, -0.15) is 4.98 Å². The van der Waals surface area contributed by atoms with Crippen LogP contribution in [-0.2, 0) is 15.8 Å². The van der Waals surface area contributed by atoms with Crippen LogP contribution in [0.25, 0.3) is 0 Å². The minimum Gasteiger partial charge on any atom is -0.339 e. The highest BCUT2D eigenvalue weighted by Crippen LogP contribution is 2.41. The second kappa shape index (κ2) is 8.58. The van der Waals surface area contributed by atoms with Crippen molar-refractivity contribution in [3.8, 4) is 0 Å². The summed E-state index contributed by atoms with van der Waals surface area (Å²) in [4.78, 5) is 21.2. The number of likely N-dealkylation sites (tertiary alicyclic amines) is 1. The number of carbonyl (C=O) groups is 1. The summed E-state index contributed by atoms with van der Waals surface area (Å²) in [5, 5.41) is 4.12. The molecule has 2 aromatic rings. The van der Waals surface area contributed by atoms with Gasteiger partial charge in [-0.1, -0.05) is 29.4 Å². The van der Waals surface area contributed by atoms with Crippen LogP contribution in [-0.4, -0.2) is 72.1 Å². The topological polar surface area (TPSA) is 96.6 Å². The van der Waals surface area contributed by atoms with Crippen LogP contribution in [0.3, 0.4) is 0 Å². The molecule has 1 aromatic heterocycles. The Hall–Kier alpha value is -2.56. The highest BCUT2D eigenvalue weighted by atomic mass is 32.2. The number of amides is 2. The van der Waals surface area contributed by atoms with Gasteiger partial charge in [-0.25, -0.2) is 22.0 Å². The largest absolute Gasteiger partial charge is 0.339 e. The van der Waals surface area contributed by atoms with E-state index in [-0.39, 0.29) is 48.0 Å². The van der Waals surface area contributed by atoms with Crippen molar-refractivity contribution < 1.29 is 26.5 Å². The molecule has 11 heteroatoms. The molecule has 184 valence electrons. The number of aromatic nitrogens is 2. The lowest BCUT2D eigenvalue weighted by molar-refractivity contribution is 0.0174. The van der Waals surface area contributed by atoms with Crippen LogP contribution in [0.4, 0.5) is 13.6 Å². The van der Waals surface area contributed by atoms with E-state index >= 15 is 0 Å². The van der Waals surface area contributed by atoms with Crippen LogP contribution in [0, 0.1) is 0 Å². The molecule has 1 aromatic carbocycles. The highest BCUT2D eigenvalue weighted by molar-refractivity contribution is 7.91. The third-order valence-corrected chi connectivity index (χ3v) is 8.58. The summed E-state index contributed by atoms with van der Waals surface area (Å²) in [7, 11) is -3.11. The van der Waals surface area contributed by atoms with Gasteiger partial charge in [-0.15, -0.1) is 0 Å². The number of carbonyl (C=O) groups excluding carboxylic acids is 1. The van der Waals surface area contributed by atoms with Crippen molar-refractivity contribution in [3.05, 3.63) is 47.1 Å². The molecule has 0 N–H and O–H groups in total. The molecule has 3 heterocycles. The van der Waals surface area contributed by atoms with Crippen molar-refractivity contribution in [2.45, 2.75) is 49.9 Å². The lowest BCUT2D eigenvalue weighted by Gasteiger charge is -2.40. The second-order valence-electron chi connectivity index (χ2n) is 9.73. The van der Waals surface area contributed by atoms with Crippen LogP contribution in [0.1, 0.15) is 66.8 Å². The molecule has 1 saturated carbocycles. The number of hydrogen-bond donors (Lipinski definition) is 0. The quantitative estimate of drug-likeness (QED) is 0.646. The maximum absolute atomic E-state index is 13.7. The van der Waals surface area contributed by atoms with Crippen molar-refractivity contribution in [2.24, 2.45) is 0 Å². The summed E-state index contributed by atoms with van der Waals surface area (Å²) < 4.78 is 56.5. The zero-order chi connectivity index (χ0) is 24.1. The number of urea groups is 1. The molecule has 34 heavy (non-hydrogen) atoms. The number of piperidine rings is 1. The van der Waals surface area contributed by atoms with Crippen LogP contribution >= 0.6 is 0 Å². The van der Waals surface area contributed by atoms with Gasteiger partial charge in [0.05, 0.1) is 17.4 Å². The normalized spacial score (nSPS) is 25.4. The van der Waals surface area contributed by atoms with E-state index < -0.39 is 15.8 Å². The van der Waals surface area contributed by atoms with Gasteiger partial charge < -0.3 is 14.3 Å². The third kappa shape index (κ3) is 4.94. The van der Waals surface area contributed by atoms with E-state index in [0.717, 1.165) is 25.3 Å². The lowest BCUT2D eigenvalue weighted by atomic mass is 9.84. The van der Waals surface area contributed by atoms with Gasteiger partial charge >= 0.3 is 6.03 Å². The standard InChI is InChI=1S/C23H28F2N4O4S/c1-23(24,25)19-6-4-15(5-7-19)17-12-18(21-26-20(27-33-21)16-2-3-16)14-29(13-17)22(30)28-8-10-34(31,32)11-9-28/h4-7,16-18H,2-3,8-14H2,1H3. The second-order valence-corrected chi connectivity index (χ2v) is 12.0. The van der Waals surface area contributed by atoms with Gasteiger partial charge in [0.1, 0.15) is 0 Å². The Morgan fingerprint density at radius 3 is 2.29 bits per heavy atom. The van der Waals surface area contributed by atoms with E-state index in [2.05, 4.69) is 10.1 Å². The summed E-state index contributed by atoms with van der Waals surface area (Å²) in [6, 6.07) is 6.03. The van der Waals surface area contributed by atoms with Gasteiger partial charge in [0.25, 0.3) is 5.92 Å². The number of alkyl halides is 2.